The highest BCUT2D eigenvalue weighted by Gasteiger charge is 2.15. The first kappa shape index (κ1) is 14.5. The van der Waals surface area contributed by atoms with Crippen LogP contribution in [0.2, 0.25) is 0 Å². The average molecular weight is 279 g/mol. The molecule has 4 heteroatoms. The molecule has 0 aliphatic carbocycles. The number of rotatable bonds is 6. The summed E-state index contributed by atoms with van der Waals surface area (Å²) in [5.41, 5.74) is 1.34. The van der Waals surface area contributed by atoms with E-state index in [0.717, 1.165) is 0 Å². The van der Waals surface area contributed by atoms with Gasteiger partial charge >= 0.3 is 0 Å². The second-order valence-electron chi connectivity index (χ2n) is 4.83. The molecule has 0 bridgehead atoms. The minimum absolute atomic E-state index is 0.240. The van der Waals surface area contributed by atoms with Gasteiger partial charge in [-0.1, -0.05) is 18.2 Å². The molecule has 0 spiro atoms. The number of hydrogen-bond acceptors (Lipinski definition) is 4. The predicted octanol–water partition coefficient (Wildman–Crippen LogP) is 2.87. The normalized spacial score (nSPS) is 14.7. The summed E-state index contributed by atoms with van der Waals surface area (Å²) in [6.07, 6.45) is -0.456. The summed E-state index contributed by atoms with van der Waals surface area (Å²) in [6, 6.07) is 8.71. The van der Waals surface area contributed by atoms with Crippen LogP contribution in [0, 0.1) is 6.92 Å². The minimum atomic E-state index is -0.456. The van der Waals surface area contributed by atoms with Gasteiger partial charge in [-0.15, -0.1) is 11.3 Å². The van der Waals surface area contributed by atoms with Gasteiger partial charge in [0.05, 0.1) is 12.7 Å². The van der Waals surface area contributed by atoms with Crippen molar-refractivity contribution in [1.82, 2.24) is 5.32 Å². The van der Waals surface area contributed by atoms with E-state index >= 15 is 0 Å². The molecular formula is C15H21NO2S. The van der Waals surface area contributed by atoms with E-state index in [1.54, 1.807) is 7.11 Å². The molecule has 1 aromatic heterocycles. The molecule has 2 unspecified atom stereocenters. The van der Waals surface area contributed by atoms with Gasteiger partial charge in [0.2, 0.25) is 0 Å². The Morgan fingerprint density at radius 1 is 1.37 bits per heavy atom. The predicted molar refractivity (Wildman–Crippen MR) is 80.9 cm³/mol. The fraction of sp³-hybridized carbons (Fsp3) is 0.467. The maximum Gasteiger partial charge on any atom is 0.0897 e. The van der Waals surface area contributed by atoms with Crippen LogP contribution in [0.5, 0.6) is 0 Å². The molecule has 1 aromatic carbocycles. The van der Waals surface area contributed by atoms with Crippen molar-refractivity contribution >= 4 is 21.4 Å². The van der Waals surface area contributed by atoms with Crippen LogP contribution in [0.25, 0.3) is 10.1 Å². The van der Waals surface area contributed by atoms with E-state index < -0.39 is 6.10 Å². The van der Waals surface area contributed by atoms with Gasteiger partial charge < -0.3 is 15.2 Å². The zero-order valence-corrected chi connectivity index (χ0v) is 12.5. The highest BCUT2D eigenvalue weighted by atomic mass is 32.1. The standard InChI is InChI=1S/C15H21NO2S/c1-10-13-6-4-5-7-14(13)19-15(10)11(2)16-8-12(17)9-18-3/h4-7,11-12,16-17H,8-9H2,1-3H3. The van der Waals surface area contributed by atoms with Gasteiger partial charge in [-0.3, -0.25) is 0 Å². The molecule has 0 saturated carbocycles. The van der Waals surface area contributed by atoms with Crippen LogP contribution in [0.1, 0.15) is 23.4 Å². The second-order valence-corrected chi connectivity index (χ2v) is 5.91. The summed E-state index contributed by atoms with van der Waals surface area (Å²) in [5.74, 6) is 0. The Bertz CT molecular complexity index is 538. The molecule has 0 radical (unpaired) electrons. The van der Waals surface area contributed by atoms with Gasteiger partial charge in [-0.25, -0.2) is 0 Å². The largest absolute Gasteiger partial charge is 0.389 e. The first-order valence-electron chi connectivity index (χ1n) is 6.52. The monoisotopic (exact) mass is 279 g/mol. The summed E-state index contributed by atoms with van der Waals surface area (Å²) in [7, 11) is 1.60. The van der Waals surface area contributed by atoms with Gasteiger partial charge in [0.1, 0.15) is 0 Å². The fourth-order valence-corrected chi connectivity index (χ4v) is 3.50. The van der Waals surface area contributed by atoms with E-state index in [4.69, 9.17) is 4.74 Å². The maximum absolute atomic E-state index is 9.67. The van der Waals surface area contributed by atoms with Crippen LogP contribution in [0.4, 0.5) is 0 Å². The molecule has 2 atom stereocenters. The molecule has 2 aromatic rings. The Kier molecular flexibility index (Phi) is 4.93. The van der Waals surface area contributed by atoms with E-state index in [2.05, 4.69) is 43.4 Å². The number of ether oxygens (including phenoxy) is 1. The first-order chi connectivity index (χ1) is 9.13. The van der Waals surface area contributed by atoms with Crippen LogP contribution in [0.15, 0.2) is 24.3 Å². The molecule has 0 aliphatic rings. The van der Waals surface area contributed by atoms with Crippen molar-refractivity contribution in [1.29, 1.82) is 0 Å². The number of hydrogen-bond donors (Lipinski definition) is 2. The topological polar surface area (TPSA) is 41.5 Å². The average Bonchev–Trinajstić information content (AvgIpc) is 2.74. The Morgan fingerprint density at radius 2 is 2.11 bits per heavy atom. The molecule has 3 nitrogen and oxygen atoms in total. The Morgan fingerprint density at radius 3 is 2.79 bits per heavy atom. The smallest absolute Gasteiger partial charge is 0.0897 e. The van der Waals surface area contributed by atoms with Crippen LogP contribution in [-0.2, 0) is 4.74 Å². The van der Waals surface area contributed by atoms with Gasteiger partial charge in [-0.2, -0.15) is 0 Å². The van der Waals surface area contributed by atoms with Gasteiger partial charge in [0, 0.05) is 29.3 Å². The third-order valence-corrected chi connectivity index (χ3v) is 4.75. The number of thiophene rings is 1. The summed E-state index contributed by atoms with van der Waals surface area (Å²) >= 11 is 1.82. The van der Waals surface area contributed by atoms with Gasteiger partial charge in [0.15, 0.2) is 0 Å². The zero-order chi connectivity index (χ0) is 13.8. The lowest BCUT2D eigenvalue weighted by Crippen LogP contribution is -2.31. The van der Waals surface area contributed by atoms with E-state index in [1.165, 1.54) is 20.5 Å². The lowest BCUT2D eigenvalue weighted by Gasteiger charge is -2.16. The highest BCUT2D eigenvalue weighted by molar-refractivity contribution is 7.19. The molecular weight excluding hydrogens is 258 g/mol. The maximum atomic E-state index is 9.67. The minimum Gasteiger partial charge on any atom is -0.389 e. The van der Waals surface area contributed by atoms with Crippen molar-refractivity contribution in [2.45, 2.75) is 26.0 Å². The number of nitrogens with one attached hydrogen (secondary N) is 1. The molecule has 0 aliphatic heterocycles. The molecule has 0 saturated heterocycles. The number of aliphatic hydroxyl groups excluding tert-OH is 1. The van der Waals surface area contributed by atoms with E-state index in [9.17, 15) is 5.11 Å². The summed E-state index contributed by atoms with van der Waals surface area (Å²) in [5, 5.41) is 14.4. The molecule has 1 heterocycles. The molecule has 19 heavy (non-hydrogen) atoms. The highest BCUT2D eigenvalue weighted by Crippen LogP contribution is 2.34. The van der Waals surface area contributed by atoms with E-state index in [0.29, 0.717) is 13.2 Å². The summed E-state index contributed by atoms with van der Waals surface area (Å²) in [4.78, 5) is 1.34. The molecule has 2 N–H and O–H groups in total. The molecule has 0 fully saturated rings. The SMILES string of the molecule is COCC(O)CNC(C)c1sc2ccccc2c1C. The van der Waals surface area contributed by atoms with Crippen molar-refractivity contribution in [3.8, 4) is 0 Å². The third kappa shape index (κ3) is 3.34. The van der Waals surface area contributed by atoms with Crippen molar-refractivity contribution in [2.75, 3.05) is 20.3 Å². The second kappa shape index (κ2) is 6.48. The van der Waals surface area contributed by atoms with Crippen LogP contribution < -0.4 is 5.32 Å². The van der Waals surface area contributed by atoms with Crippen molar-refractivity contribution in [2.24, 2.45) is 0 Å². The molecule has 104 valence electrons. The van der Waals surface area contributed by atoms with Crippen LogP contribution >= 0.6 is 11.3 Å². The fourth-order valence-electron chi connectivity index (χ4n) is 2.26. The Labute approximate surface area is 118 Å². The van der Waals surface area contributed by atoms with Crippen molar-refractivity contribution in [3.05, 3.63) is 34.7 Å². The Balaban J connectivity index is 2.09. The Hall–Kier alpha value is -0.940. The summed E-state index contributed by atoms with van der Waals surface area (Å²) < 4.78 is 6.25. The third-order valence-electron chi connectivity index (χ3n) is 3.29. The van der Waals surface area contributed by atoms with Gasteiger partial charge in [-0.05, 0) is 30.9 Å². The number of benzene rings is 1. The molecule has 2 rings (SSSR count). The van der Waals surface area contributed by atoms with Crippen molar-refractivity contribution in [3.63, 3.8) is 0 Å². The number of aryl methyl sites for hydroxylation is 1. The first-order valence-corrected chi connectivity index (χ1v) is 7.33. The van der Waals surface area contributed by atoms with Crippen LogP contribution in [0.3, 0.4) is 0 Å². The van der Waals surface area contributed by atoms with Gasteiger partial charge in [0.25, 0.3) is 0 Å². The zero-order valence-electron chi connectivity index (χ0n) is 11.6. The number of aliphatic hydroxyl groups is 1. The van der Waals surface area contributed by atoms with Crippen molar-refractivity contribution < 1.29 is 9.84 Å². The lowest BCUT2D eigenvalue weighted by atomic mass is 10.1. The molecule has 0 amide bonds. The quantitative estimate of drug-likeness (QED) is 0.854. The number of fused-ring (bicyclic) bond motifs is 1. The number of methoxy groups -OCH3 is 1. The summed E-state index contributed by atoms with van der Waals surface area (Å²) in [6.45, 7) is 5.21. The van der Waals surface area contributed by atoms with Crippen LogP contribution in [-0.4, -0.2) is 31.5 Å². The van der Waals surface area contributed by atoms with E-state index in [1.807, 2.05) is 11.3 Å². The van der Waals surface area contributed by atoms with E-state index in [-0.39, 0.29) is 6.04 Å². The lowest BCUT2D eigenvalue weighted by molar-refractivity contribution is 0.0631.